The molecule has 1 aliphatic rings. The van der Waals surface area contributed by atoms with E-state index in [1.54, 1.807) is 30.3 Å². The van der Waals surface area contributed by atoms with E-state index in [0.717, 1.165) is 27.8 Å². The van der Waals surface area contributed by atoms with E-state index >= 15 is 0 Å². The van der Waals surface area contributed by atoms with Gasteiger partial charge in [-0.15, -0.1) is 0 Å². The number of hydrogen-bond donors (Lipinski definition) is 1. The van der Waals surface area contributed by atoms with Crippen LogP contribution in [0.1, 0.15) is 34.6 Å². The molecule has 1 atom stereocenters. The zero-order valence-corrected chi connectivity index (χ0v) is 22.0. The summed E-state index contributed by atoms with van der Waals surface area (Å²) in [6.07, 6.45) is 2.00. The summed E-state index contributed by atoms with van der Waals surface area (Å²) >= 11 is 0. The fraction of sp³-hybridized carbons (Fsp3) is 0.156. The van der Waals surface area contributed by atoms with Gasteiger partial charge in [-0.25, -0.2) is 4.39 Å². The number of carbonyl (C=O) groups is 1. The summed E-state index contributed by atoms with van der Waals surface area (Å²) in [6, 6.07) is 26.2. The van der Waals surface area contributed by atoms with E-state index in [1.807, 2.05) is 53.2 Å². The fourth-order valence-corrected chi connectivity index (χ4v) is 5.23. The number of nitrogens with zero attached hydrogens (tertiary/aromatic N) is 2. The minimum absolute atomic E-state index is 0.0404. The molecule has 6 rings (SSSR count). The smallest absolute Gasteiger partial charge is 0.270 e. The number of carbonyl (C=O) groups excluding carboxylic acids is 1. The first-order valence-corrected chi connectivity index (χ1v) is 13.2. The number of benzene rings is 4. The molecule has 0 spiro atoms. The molecule has 5 aromatic rings. The van der Waals surface area contributed by atoms with Gasteiger partial charge in [0.2, 0.25) is 12.7 Å². The Kier molecular flexibility index (Phi) is 7.08. The van der Waals surface area contributed by atoms with Crippen molar-refractivity contribution in [1.82, 2.24) is 9.88 Å². The van der Waals surface area contributed by atoms with E-state index in [9.17, 15) is 19.3 Å². The Morgan fingerprint density at radius 2 is 1.73 bits per heavy atom. The number of halogens is 1. The highest BCUT2D eigenvalue weighted by Crippen LogP contribution is 2.37. The van der Waals surface area contributed by atoms with E-state index in [1.165, 1.54) is 18.2 Å². The van der Waals surface area contributed by atoms with E-state index < -0.39 is 10.8 Å². The molecule has 206 valence electrons. The number of nitrogens with one attached hydrogen (secondary N) is 1. The van der Waals surface area contributed by atoms with Gasteiger partial charge in [0.05, 0.1) is 4.92 Å². The van der Waals surface area contributed by atoms with Gasteiger partial charge >= 0.3 is 0 Å². The highest BCUT2D eigenvalue weighted by atomic mass is 19.1. The maximum atomic E-state index is 13.9. The second-order valence-corrected chi connectivity index (χ2v) is 9.93. The lowest BCUT2D eigenvalue weighted by molar-refractivity contribution is -0.384. The van der Waals surface area contributed by atoms with Crippen LogP contribution < -0.4 is 14.8 Å². The quantitative estimate of drug-likeness (QED) is 0.171. The zero-order valence-electron chi connectivity index (χ0n) is 22.0. The minimum atomic E-state index is -0.478. The molecule has 41 heavy (non-hydrogen) atoms. The Morgan fingerprint density at radius 1 is 0.951 bits per heavy atom. The van der Waals surface area contributed by atoms with Crippen LogP contribution in [0.2, 0.25) is 0 Å². The molecule has 1 amide bonds. The van der Waals surface area contributed by atoms with Gasteiger partial charge in [-0.05, 0) is 52.6 Å². The Bertz CT molecular complexity index is 1730. The Hall–Kier alpha value is -5.18. The molecular weight excluding hydrogens is 525 g/mol. The second-order valence-electron chi connectivity index (χ2n) is 9.93. The van der Waals surface area contributed by atoms with Crippen molar-refractivity contribution in [2.75, 3.05) is 6.79 Å². The maximum Gasteiger partial charge on any atom is 0.270 e. The molecule has 0 fully saturated rings. The molecule has 0 bridgehead atoms. The highest BCUT2D eigenvalue weighted by Gasteiger charge is 2.25. The average molecular weight is 552 g/mol. The van der Waals surface area contributed by atoms with Crippen molar-refractivity contribution in [3.8, 4) is 11.5 Å². The zero-order chi connectivity index (χ0) is 28.3. The molecule has 0 saturated carbocycles. The Balaban J connectivity index is 1.35. The standard InChI is InChI=1S/C32H26FN3O5/c33-24-9-7-23(8-10-24)26(16-32(37)34-17-22-6-13-30-31(14-22)41-20-40-30)28-19-35(18-21-4-2-1-3-5-21)29-12-11-25(36(38)39)15-27(28)29/h1-15,19,26H,16-18,20H2,(H,34,37)/t26-/m1/s1. The van der Waals surface area contributed by atoms with Crippen LogP contribution in [0.3, 0.4) is 0 Å². The predicted octanol–water partition coefficient (Wildman–Crippen LogP) is 6.30. The van der Waals surface area contributed by atoms with Gasteiger partial charge in [0.15, 0.2) is 11.5 Å². The molecule has 9 heteroatoms. The number of non-ortho nitro benzene ring substituents is 1. The van der Waals surface area contributed by atoms with Gasteiger partial charge in [0.25, 0.3) is 5.69 Å². The van der Waals surface area contributed by atoms with Crippen molar-refractivity contribution in [3.05, 3.63) is 135 Å². The number of aromatic nitrogens is 1. The number of fused-ring (bicyclic) bond motifs is 2. The van der Waals surface area contributed by atoms with Crippen molar-refractivity contribution >= 4 is 22.5 Å². The lowest BCUT2D eigenvalue weighted by Gasteiger charge is -2.17. The number of amides is 1. The van der Waals surface area contributed by atoms with Crippen molar-refractivity contribution in [1.29, 1.82) is 0 Å². The number of hydrogen-bond acceptors (Lipinski definition) is 5. The SMILES string of the molecule is O=C(C[C@H](c1ccc(F)cc1)c1cn(Cc2ccccc2)c2ccc([N+](=O)[O-])cc12)NCc1ccc2c(c1)OCO2. The number of rotatable bonds is 9. The van der Waals surface area contributed by atoms with Crippen LogP contribution in [0.5, 0.6) is 11.5 Å². The summed E-state index contributed by atoms with van der Waals surface area (Å²) in [5.74, 6) is 0.216. The maximum absolute atomic E-state index is 13.9. The topological polar surface area (TPSA) is 95.6 Å². The van der Waals surface area contributed by atoms with Crippen molar-refractivity contribution in [2.45, 2.75) is 25.4 Å². The van der Waals surface area contributed by atoms with Gasteiger partial charge in [0.1, 0.15) is 5.82 Å². The normalized spacial score (nSPS) is 12.8. The molecule has 1 aromatic heterocycles. The molecule has 0 radical (unpaired) electrons. The average Bonchev–Trinajstić information content (AvgIpc) is 3.60. The van der Waals surface area contributed by atoms with Gasteiger partial charge in [-0.2, -0.15) is 0 Å². The Morgan fingerprint density at radius 3 is 2.51 bits per heavy atom. The number of nitro groups is 1. The first-order chi connectivity index (χ1) is 19.9. The molecule has 0 aliphatic carbocycles. The molecule has 1 N–H and O–H groups in total. The van der Waals surface area contributed by atoms with Crippen molar-refractivity contribution in [2.24, 2.45) is 0 Å². The van der Waals surface area contributed by atoms with Crippen molar-refractivity contribution in [3.63, 3.8) is 0 Å². The third-order valence-electron chi connectivity index (χ3n) is 7.27. The van der Waals surface area contributed by atoms with Crippen LogP contribution in [0.4, 0.5) is 10.1 Å². The van der Waals surface area contributed by atoms with Crippen LogP contribution in [-0.4, -0.2) is 22.2 Å². The largest absolute Gasteiger partial charge is 0.454 e. The molecule has 0 unspecified atom stereocenters. The summed E-state index contributed by atoms with van der Waals surface area (Å²) in [4.78, 5) is 24.6. The van der Waals surface area contributed by atoms with Crippen LogP contribution in [-0.2, 0) is 17.9 Å². The van der Waals surface area contributed by atoms with Crippen LogP contribution in [0.15, 0.2) is 97.2 Å². The lowest BCUT2D eigenvalue weighted by Crippen LogP contribution is -2.25. The van der Waals surface area contributed by atoms with Crippen LogP contribution >= 0.6 is 0 Å². The summed E-state index contributed by atoms with van der Waals surface area (Å²) in [5, 5.41) is 15.3. The van der Waals surface area contributed by atoms with Gasteiger partial charge in [-0.3, -0.25) is 14.9 Å². The third-order valence-corrected chi connectivity index (χ3v) is 7.27. The molecule has 2 heterocycles. The fourth-order valence-electron chi connectivity index (χ4n) is 5.23. The summed E-state index contributed by atoms with van der Waals surface area (Å²) in [6.45, 7) is 0.995. The summed E-state index contributed by atoms with van der Waals surface area (Å²) in [7, 11) is 0. The van der Waals surface area contributed by atoms with Crippen LogP contribution in [0, 0.1) is 15.9 Å². The molecule has 0 saturated heterocycles. The van der Waals surface area contributed by atoms with Gasteiger partial charge < -0.3 is 19.4 Å². The summed E-state index contributed by atoms with van der Waals surface area (Å²) < 4.78 is 26.7. The number of ether oxygens (including phenoxy) is 2. The summed E-state index contributed by atoms with van der Waals surface area (Å²) in [5.41, 5.74) is 4.17. The van der Waals surface area contributed by atoms with Crippen LogP contribution in [0.25, 0.3) is 10.9 Å². The second kappa shape index (κ2) is 11.1. The lowest BCUT2D eigenvalue weighted by atomic mass is 9.88. The molecule has 1 aliphatic heterocycles. The predicted molar refractivity (Wildman–Crippen MR) is 151 cm³/mol. The Labute approximate surface area is 235 Å². The van der Waals surface area contributed by atoms with E-state index in [-0.39, 0.29) is 37.2 Å². The molecule has 4 aromatic carbocycles. The monoisotopic (exact) mass is 551 g/mol. The van der Waals surface area contributed by atoms with E-state index in [4.69, 9.17) is 9.47 Å². The van der Waals surface area contributed by atoms with Gasteiger partial charge in [0, 0.05) is 54.7 Å². The van der Waals surface area contributed by atoms with E-state index in [0.29, 0.717) is 23.4 Å². The van der Waals surface area contributed by atoms with Gasteiger partial charge in [-0.1, -0.05) is 48.5 Å². The minimum Gasteiger partial charge on any atom is -0.454 e. The first kappa shape index (κ1) is 26.1. The first-order valence-electron chi connectivity index (χ1n) is 13.2. The highest BCUT2D eigenvalue weighted by molar-refractivity contribution is 5.88. The van der Waals surface area contributed by atoms with Crippen molar-refractivity contribution < 1.29 is 23.6 Å². The molecular formula is C32H26FN3O5. The molecule has 8 nitrogen and oxygen atoms in total. The number of nitro benzene ring substituents is 1. The van der Waals surface area contributed by atoms with E-state index in [2.05, 4.69) is 5.32 Å². The third kappa shape index (κ3) is 5.60.